The van der Waals surface area contributed by atoms with Crippen molar-refractivity contribution in [2.45, 2.75) is 37.2 Å². The second kappa shape index (κ2) is 10.0. The first-order chi connectivity index (χ1) is 16.3. The molecule has 0 aromatic heterocycles. The number of sulfonamides is 1. The maximum Gasteiger partial charge on any atom is 0.264 e. The van der Waals surface area contributed by atoms with Gasteiger partial charge >= 0.3 is 0 Å². The van der Waals surface area contributed by atoms with Crippen molar-refractivity contribution in [3.8, 4) is 11.5 Å². The Morgan fingerprint density at radius 3 is 2.26 bits per heavy atom. The van der Waals surface area contributed by atoms with E-state index in [-0.39, 0.29) is 16.7 Å². The predicted molar refractivity (Wildman–Crippen MR) is 130 cm³/mol. The number of benzene rings is 3. The Bertz CT molecular complexity index is 1220. The number of nitrogens with zero attached hydrogens (tertiary/aromatic N) is 2. The Balaban J connectivity index is 1.54. The smallest absolute Gasteiger partial charge is 0.264 e. The molecule has 0 bridgehead atoms. The van der Waals surface area contributed by atoms with E-state index in [1.165, 1.54) is 35.7 Å². The molecule has 0 spiro atoms. The molecule has 0 unspecified atom stereocenters. The van der Waals surface area contributed by atoms with Crippen LogP contribution in [0.3, 0.4) is 0 Å². The molecule has 0 atom stereocenters. The fraction of sp³-hybridized carbons (Fsp3) is 0.308. The van der Waals surface area contributed by atoms with Crippen molar-refractivity contribution in [3.63, 3.8) is 0 Å². The van der Waals surface area contributed by atoms with Crippen molar-refractivity contribution >= 4 is 15.7 Å². The van der Waals surface area contributed by atoms with Gasteiger partial charge < -0.3 is 9.84 Å². The number of phenolic OH excluding ortho intramolecular Hbond substituents is 1. The van der Waals surface area contributed by atoms with E-state index in [1.54, 1.807) is 36.4 Å². The van der Waals surface area contributed by atoms with Crippen LogP contribution in [0, 0.1) is 12.7 Å². The summed E-state index contributed by atoms with van der Waals surface area (Å²) in [5.74, 6) is 0.120. The van der Waals surface area contributed by atoms with Crippen molar-refractivity contribution in [1.29, 1.82) is 0 Å². The first-order valence-corrected chi connectivity index (χ1v) is 12.7. The first kappa shape index (κ1) is 24.0. The number of hydrogen-bond acceptors (Lipinski definition) is 5. The summed E-state index contributed by atoms with van der Waals surface area (Å²) in [6.45, 7) is 3.94. The van der Waals surface area contributed by atoms with Crippen LogP contribution in [0.25, 0.3) is 0 Å². The van der Waals surface area contributed by atoms with Crippen molar-refractivity contribution in [2.75, 3.05) is 24.5 Å². The van der Waals surface area contributed by atoms with Crippen molar-refractivity contribution in [1.82, 2.24) is 4.90 Å². The first-order valence-electron chi connectivity index (χ1n) is 11.2. The van der Waals surface area contributed by atoms with Gasteiger partial charge in [0.25, 0.3) is 10.0 Å². The molecule has 8 heteroatoms. The molecule has 1 fully saturated rings. The van der Waals surface area contributed by atoms with Crippen molar-refractivity contribution in [3.05, 3.63) is 83.7 Å². The van der Waals surface area contributed by atoms with Gasteiger partial charge in [-0.3, -0.25) is 9.21 Å². The van der Waals surface area contributed by atoms with Gasteiger partial charge in [0, 0.05) is 25.7 Å². The van der Waals surface area contributed by atoms with Crippen LogP contribution >= 0.6 is 0 Å². The lowest BCUT2D eigenvalue weighted by atomic mass is 10.0. The number of rotatable bonds is 7. The number of hydrogen-bond donors (Lipinski definition) is 1. The minimum absolute atomic E-state index is 0.0987. The molecule has 1 aliphatic heterocycles. The van der Waals surface area contributed by atoms with Crippen LogP contribution in [0.4, 0.5) is 10.1 Å². The number of piperidine rings is 1. The summed E-state index contributed by atoms with van der Waals surface area (Å²) >= 11 is 0. The summed E-state index contributed by atoms with van der Waals surface area (Å²) in [6, 6.07) is 17.5. The number of aromatic hydroxyl groups is 1. The number of aryl methyl sites for hydroxylation is 1. The maximum absolute atomic E-state index is 13.7. The number of ether oxygens (including phenoxy) is 1. The topological polar surface area (TPSA) is 70.1 Å². The highest BCUT2D eigenvalue weighted by molar-refractivity contribution is 7.92. The van der Waals surface area contributed by atoms with E-state index in [1.807, 2.05) is 13.0 Å². The van der Waals surface area contributed by atoms with Crippen LogP contribution < -0.4 is 9.04 Å². The van der Waals surface area contributed by atoms with Crippen molar-refractivity contribution in [2.24, 2.45) is 0 Å². The van der Waals surface area contributed by atoms with Crippen LogP contribution in [0.15, 0.2) is 71.6 Å². The Labute approximate surface area is 200 Å². The fourth-order valence-electron chi connectivity index (χ4n) is 4.36. The Morgan fingerprint density at radius 2 is 1.68 bits per heavy atom. The quantitative estimate of drug-likeness (QED) is 0.526. The zero-order valence-corrected chi connectivity index (χ0v) is 20.1. The van der Waals surface area contributed by atoms with E-state index in [4.69, 9.17) is 4.74 Å². The normalized spacial score (nSPS) is 15.3. The number of anilines is 1. The molecular weight excluding hydrogens is 455 g/mol. The van der Waals surface area contributed by atoms with Crippen LogP contribution in [0.5, 0.6) is 11.5 Å². The molecule has 3 aromatic rings. The monoisotopic (exact) mass is 484 g/mol. The summed E-state index contributed by atoms with van der Waals surface area (Å²) in [4.78, 5) is 2.46. The van der Waals surface area contributed by atoms with E-state index in [0.29, 0.717) is 43.9 Å². The largest absolute Gasteiger partial charge is 0.504 e. The summed E-state index contributed by atoms with van der Waals surface area (Å²) in [5.41, 5.74) is 2.39. The molecule has 1 N–H and O–H groups in total. The van der Waals surface area contributed by atoms with Crippen molar-refractivity contribution < 1.29 is 22.7 Å². The molecule has 1 aliphatic rings. The van der Waals surface area contributed by atoms with Gasteiger partial charge in [-0.2, -0.15) is 0 Å². The van der Waals surface area contributed by atoms with Gasteiger partial charge in [0.1, 0.15) is 5.82 Å². The summed E-state index contributed by atoms with van der Waals surface area (Å²) in [5, 5.41) is 10.1. The maximum atomic E-state index is 13.7. The molecule has 0 saturated carbocycles. The second-order valence-corrected chi connectivity index (χ2v) is 10.4. The molecule has 0 aliphatic carbocycles. The lowest BCUT2D eigenvalue weighted by Gasteiger charge is -2.39. The van der Waals surface area contributed by atoms with E-state index >= 15 is 0 Å². The van der Waals surface area contributed by atoms with Gasteiger partial charge in [-0.25, -0.2) is 12.8 Å². The van der Waals surface area contributed by atoms with E-state index in [2.05, 4.69) is 4.90 Å². The molecule has 4 rings (SSSR count). The molecule has 1 heterocycles. The summed E-state index contributed by atoms with van der Waals surface area (Å²) < 4.78 is 47.5. The van der Waals surface area contributed by atoms with Gasteiger partial charge in [-0.05, 0) is 73.9 Å². The van der Waals surface area contributed by atoms with E-state index in [9.17, 15) is 17.9 Å². The molecular formula is C26H29FN2O4S. The van der Waals surface area contributed by atoms with Gasteiger partial charge in [0.05, 0.1) is 17.7 Å². The van der Waals surface area contributed by atoms with Crippen LogP contribution in [0.1, 0.15) is 24.0 Å². The predicted octanol–water partition coefficient (Wildman–Crippen LogP) is 4.71. The van der Waals surface area contributed by atoms with E-state index < -0.39 is 15.8 Å². The minimum atomic E-state index is -3.83. The number of methoxy groups -OCH3 is 1. The SMILES string of the molecule is COc1ccc(CN2CCC(N(c3ccc(F)cc3)S(=O)(=O)c3ccc(C)cc3)CC2)cc1O. The molecule has 1 saturated heterocycles. The van der Waals surface area contributed by atoms with Crippen LogP contribution in [-0.2, 0) is 16.6 Å². The molecule has 3 aromatic carbocycles. The third-order valence-electron chi connectivity index (χ3n) is 6.20. The third-order valence-corrected chi connectivity index (χ3v) is 8.09. The van der Waals surface area contributed by atoms with Crippen LogP contribution in [0.2, 0.25) is 0 Å². The van der Waals surface area contributed by atoms with Gasteiger partial charge in [0.2, 0.25) is 0 Å². The molecule has 180 valence electrons. The third kappa shape index (κ3) is 5.18. The minimum Gasteiger partial charge on any atom is -0.504 e. The second-order valence-electron chi connectivity index (χ2n) is 8.60. The standard InChI is InChI=1S/C26H29FN2O4S/c1-19-3-10-24(11-4-19)34(31,32)29(22-8-6-21(27)7-9-22)23-13-15-28(16-14-23)18-20-5-12-26(33-2)25(30)17-20/h3-12,17,23,30H,13-16,18H2,1-2H3. The zero-order valence-electron chi connectivity index (χ0n) is 19.3. The Kier molecular flexibility index (Phi) is 7.09. The van der Waals surface area contributed by atoms with E-state index in [0.717, 1.165) is 11.1 Å². The number of halogens is 1. The van der Waals surface area contributed by atoms with Gasteiger partial charge in [-0.1, -0.05) is 23.8 Å². The lowest BCUT2D eigenvalue weighted by molar-refractivity contribution is 0.206. The van der Waals surface area contributed by atoms with Gasteiger partial charge in [-0.15, -0.1) is 0 Å². The Hall–Kier alpha value is -3.10. The summed E-state index contributed by atoms with van der Waals surface area (Å²) in [7, 11) is -2.32. The Morgan fingerprint density at radius 1 is 1.03 bits per heavy atom. The molecule has 0 amide bonds. The number of phenols is 1. The van der Waals surface area contributed by atoms with Crippen LogP contribution in [-0.4, -0.2) is 44.7 Å². The average Bonchev–Trinajstić information content (AvgIpc) is 2.82. The zero-order chi connectivity index (χ0) is 24.3. The molecule has 6 nitrogen and oxygen atoms in total. The summed E-state index contributed by atoms with van der Waals surface area (Å²) in [6.07, 6.45) is 1.26. The molecule has 0 radical (unpaired) electrons. The highest BCUT2D eigenvalue weighted by Crippen LogP contribution is 2.32. The highest BCUT2D eigenvalue weighted by atomic mass is 32.2. The average molecular weight is 485 g/mol. The fourth-order valence-corrected chi connectivity index (χ4v) is 6.07. The highest BCUT2D eigenvalue weighted by Gasteiger charge is 2.34. The van der Waals surface area contributed by atoms with Gasteiger partial charge in [0.15, 0.2) is 11.5 Å². The molecule has 34 heavy (non-hydrogen) atoms. The lowest BCUT2D eigenvalue weighted by Crippen LogP contribution is -2.47. The number of likely N-dealkylation sites (tertiary alicyclic amines) is 1.